The van der Waals surface area contributed by atoms with Gasteiger partial charge >= 0.3 is 0 Å². The van der Waals surface area contributed by atoms with Crippen LogP contribution in [0.5, 0.6) is 0 Å². The van der Waals surface area contributed by atoms with Crippen molar-refractivity contribution in [3.05, 3.63) is 65.6 Å². The van der Waals surface area contributed by atoms with Crippen LogP contribution in [0.2, 0.25) is 0 Å². The minimum Gasteiger partial charge on any atom is -0.326 e. The molecule has 0 fully saturated rings. The van der Waals surface area contributed by atoms with Crippen molar-refractivity contribution >= 4 is 28.9 Å². The van der Waals surface area contributed by atoms with Gasteiger partial charge in [-0.25, -0.2) is 10.4 Å². The third-order valence-corrected chi connectivity index (χ3v) is 3.85. The van der Waals surface area contributed by atoms with Gasteiger partial charge in [0.25, 0.3) is 5.91 Å². The zero-order valence-electron chi connectivity index (χ0n) is 14.8. The van der Waals surface area contributed by atoms with Gasteiger partial charge in [-0.1, -0.05) is 18.2 Å². The quantitative estimate of drug-likeness (QED) is 0.561. The summed E-state index contributed by atoms with van der Waals surface area (Å²) in [6, 6.07) is 12.8. The molecule has 2 aromatic heterocycles. The standard InChI is InChI=1S/C19H19N5O2/c1-12(15-7-6-8-16(11-15)21-14(3)25)22-23-19(26)18-13(2)20-17-9-4-5-10-24(17)18/h4-11H,1-3H3,(H,21,25)(H,23,26)/b22-12+. The first-order valence-corrected chi connectivity index (χ1v) is 8.12. The van der Waals surface area contributed by atoms with Gasteiger partial charge in [0.2, 0.25) is 5.91 Å². The molecule has 0 saturated carbocycles. The number of benzene rings is 1. The summed E-state index contributed by atoms with van der Waals surface area (Å²) in [5.41, 5.74) is 6.46. The number of hydrogen-bond donors (Lipinski definition) is 2. The lowest BCUT2D eigenvalue weighted by molar-refractivity contribution is -0.114. The maximum Gasteiger partial charge on any atom is 0.290 e. The highest BCUT2D eigenvalue weighted by atomic mass is 16.2. The molecule has 132 valence electrons. The highest BCUT2D eigenvalue weighted by molar-refractivity contribution is 6.02. The zero-order valence-corrected chi connectivity index (χ0v) is 14.8. The Kier molecular flexibility index (Phi) is 4.79. The summed E-state index contributed by atoms with van der Waals surface area (Å²) in [5.74, 6) is -0.480. The minimum atomic E-state index is -0.335. The Morgan fingerprint density at radius 1 is 1.12 bits per heavy atom. The average molecular weight is 349 g/mol. The first kappa shape index (κ1) is 17.3. The molecule has 0 spiro atoms. The second-order valence-corrected chi connectivity index (χ2v) is 5.87. The van der Waals surface area contributed by atoms with Gasteiger partial charge < -0.3 is 5.32 Å². The smallest absolute Gasteiger partial charge is 0.290 e. The third kappa shape index (κ3) is 3.61. The van der Waals surface area contributed by atoms with Gasteiger partial charge in [-0.3, -0.25) is 14.0 Å². The lowest BCUT2D eigenvalue weighted by Gasteiger charge is -2.06. The first-order chi connectivity index (χ1) is 12.5. The van der Waals surface area contributed by atoms with E-state index in [0.29, 0.717) is 28.4 Å². The number of hydrazone groups is 1. The van der Waals surface area contributed by atoms with E-state index < -0.39 is 0 Å². The summed E-state index contributed by atoms with van der Waals surface area (Å²) in [7, 11) is 0. The molecule has 0 aliphatic rings. The topological polar surface area (TPSA) is 87.9 Å². The third-order valence-electron chi connectivity index (χ3n) is 3.85. The highest BCUT2D eigenvalue weighted by Gasteiger charge is 2.15. The molecule has 2 N–H and O–H groups in total. The number of hydrogen-bond acceptors (Lipinski definition) is 4. The number of carbonyl (C=O) groups excluding carboxylic acids is 2. The van der Waals surface area contributed by atoms with Crippen molar-refractivity contribution in [3.63, 3.8) is 0 Å². The summed E-state index contributed by atoms with van der Waals surface area (Å²) >= 11 is 0. The number of pyridine rings is 1. The van der Waals surface area contributed by atoms with Gasteiger partial charge in [0.05, 0.1) is 11.4 Å². The van der Waals surface area contributed by atoms with E-state index >= 15 is 0 Å². The van der Waals surface area contributed by atoms with E-state index in [1.807, 2.05) is 30.3 Å². The summed E-state index contributed by atoms with van der Waals surface area (Å²) in [6.45, 7) is 5.02. The number of fused-ring (bicyclic) bond motifs is 1. The lowest BCUT2D eigenvalue weighted by Crippen LogP contribution is -2.22. The number of aromatic nitrogens is 2. The van der Waals surface area contributed by atoms with Gasteiger partial charge in [-0.15, -0.1) is 0 Å². The SMILES string of the molecule is CC(=O)Nc1cccc(/C(C)=N/NC(=O)c2c(C)nc3ccccn23)c1. The lowest BCUT2D eigenvalue weighted by atomic mass is 10.1. The van der Waals surface area contributed by atoms with Crippen molar-refractivity contribution in [1.29, 1.82) is 0 Å². The predicted octanol–water partition coefficient (Wildman–Crippen LogP) is 2.76. The Hall–Kier alpha value is -3.48. The largest absolute Gasteiger partial charge is 0.326 e. The van der Waals surface area contributed by atoms with Crippen LogP contribution in [0.25, 0.3) is 5.65 Å². The van der Waals surface area contributed by atoms with Crippen molar-refractivity contribution < 1.29 is 9.59 Å². The molecule has 26 heavy (non-hydrogen) atoms. The van der Waals surface area contributed by atoms with Crippen LogP contribution in [0.4, 0.5) is 5.69 Å². The minimum absolute atomic E-state index is 0.145. The molecule has 0 aliphatic heterocycles. The maximum atomic E-state index is 12.6. The molecule has 3 rings (SSSR count). The second-order valence-electron chi connectivity index (χ2n) is 5.87. The van der Waals surface area contributed by atoms with Gasteiger partial charge in [-0.05, 0) is 43.7 Å². The predicted molar refractivity (Wildman–Crippen MR) is 100 cm³/mol. The van der Waals surface area contributed by atoms with Crippen molar-refractivity contribution in [2.75, 3.05) is 5.32 Å². The monoisotopic (exact) mass is 349 g/mol. The van der Waals surface area contributed by atoms with E-state index in [1.165, 1.54) is 6.92 Å². The van der Waals surface area contributed by atoms with Gasteiger partial charge in [-0.2, -0.15) is 5.10 Å². The van der Waals surface area contributed by atoms with Crippen LogP contribution in [0.15, 0.2) is 53.8 Å². The summed E-state index contributed by atoms with van der Waals surface area (Å²) in [6.07, 6.45) is 1.79. The Balaban J connectivity index is 1.81. The molecule has 1 aromatic carbocycles. The molecule has 0 atom stereocenters. The van der Waals surface area contributed by atoms with E-state index in [-0.39, 0.29) is 11.8 Å². The van der Waals surface area contributed by atoms with Gasteiger partial charge in [0.15, 0.2) is 0 Å². The summed E-state index contributed by atoms with van der Waals surface area (Å²) < 4.78 is 1.73. The molecule has 0 radical (unpaired) electrons. The van der Waals surface area contributed by atoms with E-state index in [0.717, 1.165) is 5.56 Å². The molecule has 0 unspecified atom stereocenters. The number of rotatable bonds is 4. The molecule has 2 amide bonds. The van der Waals surface area contributed by atoms with Gasteiger partial charge in [0.1, 0.15) is 11.3 Å². The summed E-state index contributed by atoms with van der Waals surface area (Å²) in [4.78, 5) is 28.1. The number of aryl methyl sites for hydroxylation is 1. The first-order valence-electron chi connectivity index (χ1n) is 8.12. The van der Waals surface area contributed by atoms with E-state index in [2.05, 4.69) is 20.8 Å². The molecule has 7 heteroatoms. The van der Waals surface area contributed by atoms with Crippen molar-refractivity contribution in [2.45, 2.75) is 20.8 Å². The summed E-state index contributed by atoms with van der Waals surface area (Å²) in [5, 5.41) is 6.90. The molecule has 0 saturated heterocycles. The average Bonchev–Trinajstić information content (AvgIpc) is 2.94. The molecular formula is C19H19N5O2. The number of anilines is 1. The van der Waals surface area contributed by atoms with E-state index in [4.69, 9.17) is 0 Å². The second kappa shape index (κ2) is 7.18. The van der Waals surface area contributed by atoms with Crippen molar-refractivity contribution in [2.24, 2.45) is 5.10 Å². The van der Waals surface area contributed by atoms with E-state index in [9.17, 15) is 9.59 Å². The van der Waals surface area contributed by atoms with Crippen LogP contribution < -0.4 is 10.7 Å². The van der Waals surface area contributed by atoms with Crippen LogP contribution >= 0.6 is 0 Å². The fraction of sp³-hybridized carbons (Fsp3) is 0.158. The number of nitrogens with zero attached hydrogens (tertiary/aromatic N) is 3. The van der Waals surface area contributed by atoms with Gasteiger partial charge in [0, 0.05) is 18.8 Å². The Labute approximate surface area is 150 Å². The zero-order chi connectivity index (χ0) is 18.7. The molecule has 7 nitrogen and oxygen atoms in total. The van der Waals surface area contributed by atoms with Crippen LogP contribution in [0.3, 0.4) is 0 Å². The fourth-order valence-corrected chi connectivity index (χ4v) is 2.66. The van der Waals surface area contributed by atoms with Crippen molar-refractivity contribution in [3.8, 4) is 0 Å². The van der Waals surface area contributed by atoms with E-state index in [1.54, 1.807) is 36.6 Å². The number of amides is 2. The number of imidazole rings is 1. The molecule has 3 aromatic rings. The van der Waals surface area contributed by atoms with Crippen LogP contribution in [-0.2, 0) is 4.79 Å². The Morgan fingerprint density at radius 3 is 2.69 bits per heavy atom. The van der Waals surface area contributed by atoms with Crippen molar-refractivity contribution in [1.82, 2.24) is 14.8 Å². The maximum absolute atomic E-state index is 12.6. The highest BCUT2D eigenvalue weighted by Crippen LogP contribution is 2.13. The number of carbonyl (C=O) groups is 2. The number of nitrogens with one attached hydrogen (secondary N) is 2. The van der Waals surface area contributed by atoms with Crippen LogP contribution in [0.1, 0.15) is 35.6 Å². The fourth-order valence-electron chi connectivity index (χ4n) is 2.66. The van der Waals surface area contributed by atoms with Crippen LogP contribution in [-0.4, -0.2) is 26.9 Å². The Bertz CT molecular complexity index is 1020. The molecule has 0 bridgehead atoms. The molecule has 0 aliphatic carbocycles. The van der Waals surface area contributed by atoms with Crippen LogP contribution in [0, 0.1) is 6.92 Å². The normalized spacial score (nSPS) is 11.4. The molecular weight excluding hydrogens is 330 g/mol. The molecule has 2 heterocycles. The Morgan fingerprint density at radius 2 is 1.92 bits per heavy atom.